The molecule has 0 bridgehead atoms. The zero-order valence-corrected chi connectivity index (χ0v) is 15.7. The van der Waals surface area contributed by atoms with Crippen LogP contribution in [0.3, 0.4) is 0 Å². The van der Waals surface area contributed by atoms with Crippen molar-refractivity contribution >= 4 is 11.8 Å². The van der Waals surface area contributed by atoms with Gasteiger partial charge in [-0.05, 0) is 62.7 Å². The predicted octanol–water partition coefficient (Wildman–Crippen LogP) is 3.66. The van der Waals surface area contributed by atoms with Gasteiger partial charge in [-0.2, -0.15) is 0 Å². The molecule has 0 aromatic heterocycles. The number of hydrogen-bond donors (Lipinski definition) is 0. The van der Waals surface area contributed by atoms with Gasteiger partial charge in [-0.15, -0.1) is 0 Å². The first-order chi connectivity index (χ1) is 11.8. The number of epoxide rings is 1. The highest BCUT2D eigenvalue weighted by molar-refractivity contribution is 5.88. The lowest BCUT2D eigenvalue weighted by Crippen LogP contribution is -2.58. The minimum atomic E-state index is -0.136. The van der Waals surface area contributed by atoms with Crippen molar-refractivity contribution in [1.29, 1.82) is 0 Å². The number of ether oxygens (including phenoxy) is 2. The molecule has 0 amide bonds. The van der Waals surface area contributed by atoms with Crippen LogP contribution in [0, 0.1) is 28.6 Å². The Balaban J connectivity index is 1.44. The van der Waals surface area contributed by atoms with Crippen LogP contribution in [0.15, 0.2) is 0 Å². The average molecular weight is 346 g/mol. The first kappa shape index (κ1) is 16.3. The highest BCUT2D eigenvalue weighted by Crippen LogP contribution is 2.72. The minimum absolute atomic E-state index is 0.0949. The summed E-state index contributed by atoms with van der Waals surface area (Å²) in [5.74, 6) is 2.22. The molecule has 4 heteroatoms. The maximum atomic E-state index is 12.2. The Kier molecular flexibility index (Phi) is 3.18. The van der Waals surface area contributed by atoms with Crippen molar-refractivity contribution in [3.8, 4) is 0 Å². The lowest BCUT2D eigenvalue weighted by molar-refractivity contribution is -0.161. The number of esters is 1. The quantitative estimate of drug-likeness (QED) is 0.537. The molecule has 0 unspecified atom stereocenters. The Labute approximate surface area is 150 Å². The molecule has 5 fully saturated rings. The van der Waals surface area contributed by atoms with Gasteiger partial charge >= 0.3 is 5.97 Å². The summed E-state index contributed by atoms with van der Waals surface area (Å²) < 4.78 is 11.9. The molecule has 0 radical (unpaired) electrons. The predicted molar refractivity (Wildman–Crippen MR) is 91.8 cm³/mol. The van der Waals surface area contributed by atoms with Crippen molar-refractivity contribution in [3.05, 3.63) is 0 Å². The molecule has 4 aliphatic carbocycles. The molecule has 0 aromatic rings. The largest absolute Gasteiger partial charge is 0.462 e. The highest BCUT2D eigenvalue weighted by Gasteiger charge is 2.76. The van der Waals surface area contributed by atoms with Gasteiger partial charge < -0.3 is 9.47 Å². The summed E-state index contributed by atoms with van der Waals surface area (Å²) in [6.07, 6.45) is 8.45. The van der Waals surface area contributed by atoms with Crippen LogP contribution in [0.4, 0.5) is 0 Å². The Bertz CT molecular complexity index is 644. The Morgan fingerprint density at radius 3 is 2.64 bits per heavy atom. The molecule has 138 valence electrons. The van der Waals surface area contributed by atoms with E-state index in [1.54, 1.807) is 0 Å². The SMILES string of the molecule is CC(=O)O[C@H]1CC[C@H]2[C@@H]3CC[C@]45O[C@H]4C(=O)CC[C@]5(C)[C@H]3CC[C@]12C. The van der Waals surface area contributed by atoms with Gasteiger partial charge in [0.2, 0.25) is 0 Å². The molecular formula is C21H30O4. The zero-order valence-electron chi connectivity index (χ0n) is 15.7. The number of fused-ring (bicyclic) bond motifs is 4. The second-order valence-corrected chi connectivity index (χ2v) is 9.91. The van der Waals surface area contributed by atoms with E-state index in [0.717, 1.165) is 25.7 Å². The maximum absolute atomic E-state index is 12.2. The van der Waals surface area contributed by atoms with Crippen LogP contribution < -0.4 is 0 Å². The molecule has 25 heavy (non-hydrogen) atoms. The lowest BCUT2D eigenvalue weighted by Gasteiger charge is -2.59. The van der Waals surface area contributed by atoms with E-state index in [0.29, 0.717) is 30.0 Å². The van der Waals surface area contributed by atoms with E-state index in [1.165, 1.54) is 26.2 Å². The summed E-state index contributed by atoms with van der Waals surface area (Å²) in [6, 6.07) is 0. The number of rotatable bonds is 1. The summed E-state index contributed by atoms with van der Waals surface area (Å²) >= 11 is 0. The van der Waals surface area contributed by atoms with Crippen LogP contribution in [0.25, 0.3) is 0 Å². The standard InChI is InChI=1S/C21H30O4/c1-12(22)24-17-5-4-14-13-6-11-21-18(25-21)16(23)8-10-20(21,3)15(13)7-9-19(14,17)2/h13-15,17-18H,4-11H2,1-3H3/t13-,14-,15-,17-,18-,19-,20+,21-/m0/s1. The summed E-state index contributed by atoms with van der Waals surface area (Å²) in [7, 11) is 0. The molecule has 1 spiro atoms. The lowest BCUT2D eigenvalue weighted by atomic mass is 9.45. The summed E-state index contributed by atoms with van der Waals surface area (Å²) in [5.41, 5.74) is 0.169. The van der Waals surface area contributed by atoms with Gasteiger partial charge in [-0.3, -0.25) is 9.59 Å². The Hall–Kier alpha value is -0.900. The Morgan fingerprint density at radius 2 is 1.88 bits per heavy atom. The molecule has 1 heterocycles. The van der Waals surface area contributed by atoms with Crippen LogP contribution >= 0.6 is 0 Å². The fourth-order valence-electron chi connectivity index (χ4n) is 7.84. The van der Waals surface area contributed by atoms with E-state index in [1.807, 2.05) is 0 Å². The normalized spacial score (nSPS) is 56.3. The molecule has 8 atom stereocenters. The van der Waals surface area contributed by atoms with E-state index in [4.69, 9.17) is 9.47 Å². The van der Waals surface area contributed by atoms with E-state index >= 15 is 0 Å². The van der Waals surface area contributed by atoms with Gasteiger partial charge in [0.25, 0.3) is 0 Å². The molecule has 5 aliphatic rings. The summed E-state index contributed by atoms with van der Waals surface area (Å²) in [5, 5.41) is 0. The van der Waals surface area contributed by atoms with Crippen LogP contribution in [0.2, 0.25) is 0 Å². The molecule has 5 rings (SSSR count). The number of ketones is 1. The first-order valence-corrected chi connectivity index (χ1v) is 10.2. The monoisotopic (exact) mass is 346 g/mol. The van der Waals surface area contributed by atoms with Gasteiger partial charge in [-0.25, -0.2) is 0 Å². The van der Waals surface area contributed by atoms with Gasteiger partial charge in [0.15, 0.2) is 5.78 Å². The van der Waals surface area contributed by atoms with Gasteiger partial charge in [0.1, 0.15) is 17.8 Å². The van der Waals surface area contributed by atoms with Crippen LogP contribution in [0.1, 0.15) is 72.1 Å². The summed E-state index contributed by atoms with van der Waals surface area (Å²) in [6.45, 7) is 6.32. The molecule has 0 aromatic carbocycles. The van der Waals surface area contributed by atoms with Crippen LogP contribution in [0.5, 0.6) is 0 Å². The third kappa shape index (κ3) is 1.87. The molecule has 4 saturated carbocycles. The van der Waals surface area contributed by atoms with Gasteiger partial charge in [0.05, 0.1) is 0 Å². The second-order valence-electron chi connectivity index (χ2n) is 9.91. The smallest absolute Gasteiger partial charge is 0.302 e. The third-order valence-electron chi connectivity index (χ3n) is 9.17. The van der Waals surface area contributed by atoms with Crippen molar-refractivity contribution in [2.45, 2.75) is 89.9 Å². The number of carbonyl (C=O) groups is 2. The van der Waals surface area contributed by atoms with Crippen LogP contribution in [-0.4, -0.2) is 29.6 Å². The maximum Gasteiger partial charge on any atom is 0.302 e. The van der Waals surface area contributed by atoms with Gasteiger partial charge in [0, 0.05) is 24.2 Å². The summed E-state index contributed by atoms with van der Waals surface area (Å²) in [4.78, 5) is 23.7. The Morgan fingerprint density at radius 1 is 1.08 bits per heavy atom. The highest BCUT2D eigenvalue weighted by atomic mass is 16.6. The minimum Gasteiger partial charge on any atom is -0.462 e. The van der Waals surface area contributed by atoms with Crippen LogP contribution in [-0.2, 0) is 19.1 Å². The second kappa shape index (κ2) is 4.88. The fourth-order valence-corrected chi connectivity index (χ4v) is 7.84. The zero-order chi connectivity index (χ0) is 17.6. The van der Waals surface area contributed by atoms with Crippen molar-refractivity contribution in [2.75, 3.05) is 0 Å². The van der Waals surface area contributed by atoms with Crippen molar-refractivity contribution in [2.24, 2.45) is 28.6 Å². The number of hydrogen-bond acceptors (Lipinski definition) is 4. The van der Waals surface area contributed by atoms with E-state index in [-0.39, 0.29) is 34.6 Å². The topological polar surface area (TPSA) is 55.9 Å². The number of Topliss-reactive ketones (excluding diaryl/α,β-unsaturated/α-hetero) is 1. The average Bonchev–Trinajstić information content (AvgIpc) is 3.22. The molecule has 0 N–H and O–H groups in total. The molecule has 1 saturated heterocycles. The number of carbonyl (C=O) groups excluding carboxylic acids is 2. The van der Waals surface area contributed by atoms with E-state index < -0.39 is 0 Å². The van der Waals surface area contributed by atoms with Gasteiger partial charge in [-0.1, -0.05) is 13.8 Å². The molecular weight excluding hydrogens is 316 g/mol. The van der Waals surface area contributed by atoms with Crippen molar-refractivity contribution in [3.63, 3.8) is 0 Å². The van der Waals surface area contributed by atoms with Crippen molar-refractivity contribution in [1.82, 2.24) is 0 Å². The molecule has 4 nitrogen and oxygen atoms in total. The molecule has 1 aliphatic heterocycles. The first-order valence-electron chi connectivity index (χ1n) is 10.2. The third-order valence-corrected chi connectivity index (χ3v) is 9.17. The van der Waals surface area contributed by atoms with Crippen molar-refractivity contribution < 1.29 is 19.1 Å². The van der Waals surface area contributed by atoms with E-state index in [9.17, 15) is 9.59 Å². The fraction of sp³-hybridized carbons (Fsp3) is 0.905. The van der Waals surface area contributed by atoms with E-state index in [2.05, 4.69) is 13.8 Å².